The molecule has 1 amide bonds. The third-order valence-electron chi connectivity index (χ3n) is 6.33. The van der Waals surface area contributed by atoms with Crippen LogP contribution < -0.4 is 14.4 Å². The summed E-state index contributed by atoms with van der Waals surface area (Å²) in [6.45, 7) is 4.42. The SMILES string of the molecule is CCc1ccc(C2/C(=C(\O)c3ccc4c(c3)OCCO4)C(=O)C(=O)N2c2nc(C)c(C(=O)OC)s2)cc1. The Morgan fingerprint density at radius 2 is 1.84 bits per heavy atom. The number of Topliss-reactive ketones (excluding diaryl/α,β-unsaturated/α-hetero) is 1. The number of benzene rings is 2. The maximum atomic E-state index is 13.4. The lowest BCUT2D eigenvalue weighted by Crippen LogP contribution is -2.29. The van der Waals surface area contributed by atoms with Crippen LogP contribution in [0, 0.1) is 6.92 Å². The minimum atomic E-state index is -0.963. The quantitative estimate of drug-likeness (QED) is 0.230. The number of carbonyl (C=O) groups is 3. The van der Waals surface area contributed by atoms with Crippen molar-refractivity contribution in [3.05, 3.63) is 75.3 Å². The van der Waals surface area contributed by atoms with Crippen molar-refractivity contribution >= 4 is 39.9 Å². The van der Waals surface area contributed by atoms with E-state index >= 15 is 0 Å². The second-order valence-corrected chi connectivity index (χ2v) is 9.50. The molecule has 0 saturated carbocycles. The van der Waals surface area contributed by atoms with Gasteiger partial charge in [-0.3, -0.25) is 14.5 Å². The zero-order chi connectivity index (χ0) is 26.3. The first kappa shape index (κ1) is 24.5. The number of fused-ring (bicyclic) bond motifs is 1. The summed E-state index contributed by atoms with van der Waals surface area (Å²) >= 11 is 0.956. The van der Waals surface area contributed by atoms with Crippen molar-refractivity contribution in [1.29, 1.82) is 0 Å². The molecule has 2 aromatic carbocycles. The zero-order valence-corrected chi connectivity index (χ0v) is 21.3. The third-order valence-corrected chi connectivity index (χ3v) is 7.46. The number of nitrogens with zero attached hydrogens (tertiary/aromatic N) is 2. The van der Waals surface area contributed by atoms with Gasteiger partial charge in [-0.2, -0.15) is 0 Å². The molecule has 1 N–H and O–H groups in total. The topological polar surface area (TPSA) is 115 Å². The molecule has 1 aromatic heterocycles. The summed E-state index contributed by atoms with van der Waals surface area (Å²) < 4.78 is 16.0. The van der Waals surface area contributed by atoms with Gasteiger partial charge in [0.25, 0.3) is 5.78 Å². The van der Waals surface area contributed by atoms with Crippen LogP contribution in [0.25, 0.3) is 5.76 Å². The minimum Gasteiger partial charge on any atom is -0.507 e. The fourth-order valence-electron chi connectivity index (χ4n) is 4.39. The molecule has 190 valence electrons. The molecule has 3 heterocycles. The van der Waals surface area contributed by atoms with Gasteiger partial charge in [-0.05, 0) is 42.7 Å². The molecule has 1 atom stereocenters. The van der Waals surface area contributed by atoms with Crippen LogP contribution >= 0.6 is 11.3 Å². The number of methoxy groups -OCH3 is 1. The number of aliphatic hydroxyl groups excluding tert-OH is 1. The van der Waals surface area contributed by atoms with Crippen LogP contribution in [0.5, 0.6) is 11.5 Å². The third kappa shape index (κ3) is 4.23. The summed E-state index contributed by atoms with van der Waals surface area (Å²) in [4.78, 5) is 44.9. The highest BCUT2D eigenvalue weighted by Crippen LogP contribution is 2.44. The molecular formula is C27H24N2O7S. The molecule has 5 rings (SSSR count). The van der Waals surface area contributed by atoms with Gasteiger partial charge < -0.3 is 19.3 Å². The van der Waals surface area contributed by atoms with Gasteiger partial charge in [0.15, 0.2) is 16.6 Å². The molecule has 0 spiro atoms. The van der Waals surface area contributed by atoms with Crippen LogP contribution in [0.1, 0.15) is 45.0 Å². The average molecular weight is 521 g/mol. The second-order valence-electron chi connectivity index (χ2n) is 8.53. The highest BCUT2D eigenvalue weighted by atomic mass is 32.1. The molecule has 2 aliphatic rings. The van der Waals surface area contributed by atoms with Crippen LogP contribution in [0.3, 0.4) is 0 Å². The standard InChI is InChI=1S/C27H24N2O7S/c1-4-15-5-7-16(8-6-15)21-20(22(30)17-9-10-18-19(13-17)36-12-11-35-18)23(31)25(32)29(21)27-28-14(2)24(37-27)26(33)34-3/h5-10,13,21,30H,4,11-12H2,1-3H3/b22-20+. The van der Waals surface area contributed by atoms with E-state index in [4.69, 9.17) is 14.2 Å². The van der Waals surface area contributed by atoms with E-state index in [1.165, 1.54) is 12.0 Å². The van der Waals surface area contributed by atoms with E-state index in [0.717, 1.165) is 23.3 Å². The fraction of sp³-hybridized carbons (Fsp3) is 0.259. The van der Waals surface area contributed by atoms with Crippen molar-refractivity contribution in [3.8, 4) is 11.5 Å². The summed E-state index contributed by atoms with van der Waals surface area (Å²) in [5, 5.41) is 11.5. The Bertz CT molecular complexity index is 1440. The van der Waals surface area contributed by atoms with Crippen molar-refractivity contribution in [2.75, 3.05) is 25.2 Å². The van der Waals surface area contributed by atoms with Crippen LogP contribution in [0.15, 0.2) is 48.0 Å². The van der Waals surface area contributed by atoms with Crippen molar-refractivity contribution in [2.24, 2.45) is 0 Å². The minimum absolute atomic E-state index is 0.0848. The molecule has 10 heteroatoms. The second kappa shape index (κ2) is 9.70. The molecule has 2 aliphatic heterocycles. The number of ketones is 1. The van der Waals surface area contributed by atoms with E-state index in [-0.39, 0.29) is 21.3 Å². The molecular weight excluding hydrogens is 496 g/mol. The number of anilines is 1. The smallest absolute Gasteiger partial charge is 0.350 e. The summed E-state index contributed by atoms with van der Waals surface area (Å²) in [6, 6.07) is 11.3. The predicted molar refractivity (Wildman–Crippen MR) is 136 cm³/mol. The lowest BCUT2D eigenvalue weighted by atomic mass is 9.94. The number of thiazole rings is 1. The van der Waals surface area contributed by atoms with Gasteiger partial charge in [0.1, 0.15) is 23.9 Å². The van der Waals surface area contributed by atoms with Gasteiger partial charge in [0.05, 0.1) is 24.4 Å². The van der Waals surface area contributed by atoms with Gasteiger partial charge in [-0.1, -0.05) is 42.5 Å². The van der Waals surface area contributed by atoms with E-state index in [2.05, 4.69) is 4.98 Å². The Morgan fingerprint density at radius 1 is 1.14 bits per heavy atom. The lowest BCUT2D eigenvalue weighted by molar-refractivity contribution is -0.132. The number of aliphatic hydroxyl groups is 1. The largest absolute Gasteiger partial charge is 0.507 e. The van der Waals surface area contributed by atoms with E-state index in [1.807, 2.05) is 31.2 Å². The van der Waals surface area contributed by atoms with Gasteiger partial charge in [-0.25, -0.2) is 9.78 Å². The van der Waals surface area contributed by atoms with E-state index in [0.29, 0.717) is 41.5 Å². The summed E-state index contributed by atoms with van der Waals surface area (Å²) in [5.74, 6) is -1.67. The number of esters is 1. The monoisotopic (exact) mass is 520 g/mol. The first-order valence-corrected chi connectivity index (χ1v) is 12.5. The number of ether oxygens (including phenoxy) is 3. The Balaban J connectivity index is 1.68. The zero-order valence-electron chi connectivity index (χ0n) is 20.4. The summed E-state index contributed by atoms with van der Waals surface area (Å²) in [7, 11) is 1.26. The van der Waals surface area contributed by atoms with E-state index in [9.17, 15) is 19.5 Å². The number of aryl methyl sites for hydroxylation is 2. The first-order valence-electron chi connectivity index (χ1n) is 11.7. The predicted octanol–water partition coefficient (Wildman–Crippen LogP) is 4.20. The highest BCUT2D eigenvalue weighted by Gasteiger charge is 2.48. The molecule has 3 aromatic rings. The molecule has 9 nitrogen and oxygen atoms in total. The van der Waals surface area contributed by atoms with Crippen molar-refractivity contribution in [2.45, 2.75) is 26.3 Å². The number of hydrogen-bond donors (Lipinski definition) is 1. The molecule has 1 saturated heterocycles. The molecule has 0 radical (unpaired) electrons. The lowest BCUT2D eigenvalue weighted by Gasteiger charge is -2.23. The number of amides is 1. The number of carbonyl (C=O) groups excluding carboxylic acids is 3. The van der Waals surface area contributed by atoms with Gasteiger partial charge in [-0.15, -0.1) is 0 Å². The average Bonchev–Trinajstić information content (AvgIpc) is 3.43. The molecule has 37 heavy (non-hydrogen) atoms. The first-order chi connectivity index (χ1) is 17.8. The normalized spacial score (nSPS) is 18.2. The highest BCUT2D eigenvalue weighted by molar-refractivity contribution is 7.17. The number of aromatic nitrogens is 1. The van der Waals surface area contributed by atoms with Gasteiger partial charge in [0.2, 0.25) is 0 Å². The number of hydrogen-bond acceptors (Lipinski definition) is 9. The Kier molecular flexibility index (Phi) is 6.43. The summed E-state index contributed by atoms with van der Waals surface area (Å²) in [6.07, 6.45) is 0.811. The van der Waals surface area contributed by atoms with Crippen molar-refractivity contribution in [3.63, 3.8) is 0 Å². The fourth-order valence-corrected chi connectivity index (χ4v) is 5.41. The van der Waals surface area contributed by atoms with Gasteiger partial charge in [0, 0.05) is 5.56 Å². The number of rotatable bonds is 5. The molecule has 1 unspecified atom stereocenters. The van der Waals surface area contributed by atoms with Crippen LogP contribution in [-0.2, 0) is 20.7 Å². The van der Waals surface area contributed by atoms with Gasteiger partial charge >= 0.3 is 11.9 Å². The maximum absolute atomic E-state index is 13.4. The van der Waals surface area contributed by atoms with Crippen LogP contribution in [0.4, 0.5) is 5.13 Å². The Hall–Kier alpha value is -4.18. The summed E-state index contributed by atoms with van der Waals surface area (Å²) in [5.41, 5.74) is 2.29. The molecule has 0 bridgehead atoms. The van der Waals surface area contributed by atoms with Crippen molar-refractivity contribution < 1.29 is 33.7 Å². The van der Waals surface area contributed by atoms with Crippen molar-refractivity contribution in [1.82, 2.24) is 4.98 Å². The maximum Gasteiger partial charge on any atom is 0.350 e. The Morgan fingerprint density at radius 3 is 2.51 bits per heavy atom. The van der Waals surface area contributed by atoms with E-state index < -0.39 is 23.7 Å². The Labute approximate surface area is 216 Å². The molecule has 1 fully saturated rings. The van der Waals surface area contributed by atoms with Crippen LogP contribution in [-0.4, -0.2) is 48.1 Å². The van der Waals surface area contributed by atoms with E-state index in [1.54, 1.807) is 25.1 Å². The van der Waals surface area contributed by atoms with Crippen LogP contribution in [0.2, 0.25) is 0 Å². The molecule has 0 aliphatic carbocycles.